The Morgan fingerprint density at radius 1 is 0.541 bits per heavy atom. The minimum Gasteiger partial charge on any atom is -1.00 e. The number of rotatable bonds is 10. The van der Waals surface area contributed by atoms with Gasteiger partial charge in [-0.05, 0) is 90.1 Å². The molecule has 0 unspecified atom stereocenters. The highest BCUT2D eigenvalue weighted by atomic mass is 127. The number of nitrogens with zero attached hydrogens (tertiary/aromatic N) is 16. The van der Waals surface area contributed by atoms with Gasteiger partial charge in [-0.1, -0.05) is 24.3 Å². The summed E-state index contributed by atoms with van der Waals surface area (Å²) in [6.07, 6.45) is 19.3. The fourth-order valence-electron chi connectivity index (χ4n) is 9.58. The summed E-state index contributed by atoms with van der Waals surface area (Å²) in [6, 6.07) is 16.8. The molecular weight excluding hydrogens is 1130 g/mol. The molecule has 382 valence electrons. The van der Waals surface area contributed by atoms with Gasteiger partial charge in [-0.15, -0.1) is 0 Å². The molecule has 0 radical (unpaired) electrons. The third-order valence-electron chi connectivity index (χ3n) is 14.2. The summed E-state index contributed by atoms with van der Waals surface area (Å²) in [5, 5.41) is 22.9. The molecule has 0 amide bonds. The maximum absolute atomic E-state index is 13.4. The Bertz CT molecular complexity index is 3350. The lowest BCUT2D eigenvalue weighted by Crippen LogP contribution is -3.00. The molecule has 1 saturated carbocycles. The summed E-state index contributed by atoms with van der Waals surface area (Å²) >= 11 is 3.50. The van der Waals surface area contributed by atoms with E-state index < -0.39 is 11.1 Å². The molecule has 12 rings (SSSR count). The zero-order valence-corrected chi connectivity index (χ0v) is 44.3. The number of benzene rings is 2. The van der Waals surface area contributed by atoms with Crippen molar-refractivity contribution in [3.05, 3.63) is 161 Å². The third kappa shape index (κ3) is 10.2. The van der Waals surface area contributed by atoms with Gasteiger partial charge in [-0.3, -0.25) is 4.68 Å². The maximum Gasteiger partial charge on any atom is 0.225 e. The van der Waals surface area contributed by atoms with Crippen molar-refractivity contribution in [3.8, 4) is 11.1 Å². The standard InChI is InChI=1S/C29H31FN10O.C22H22BrFN8.HI/c1-29(31,21-2-4-23(30)5-3-21)22-14-32-28(33-15-22)38-8-6-37(7-9-38)27-26-10-19(16-40(26)36-18-34-27)20-13-35-39(17-20)24-11-25(41)12-24;1-22(25,15-2-4-18(24)5-3-15)16-11-26-21(27-12-16)31-8-6-30(7-9-31)20-19-10-17(23)13-32(19)29-14-28-20;/h2-5,10,13-18,24-25,41H,6-9,11-12,31H2,1H3;2-5,10-14H,6-9,25H2,1H3;1H/p-1/t24?,25?,29-;22-;/m00./s1. The molecule has 23 heteroatoms. The zero-order valence-electron chi connectivity index (χ0n) is 40.5. The minimum absolute atomic E-state index is 0. The van der Waals surface area contributed by atoms with E-state index in [0.717, 1.165) is 126 Å². The predicted molar refractivity (Wildman–Crippen MR) is 276 cm³/mol. The fourth-order valence-corrected chi connectivity index (χ4v) is 9.99. The van der Waals surface area contributed by atoms with Crippen LogP contribution in [0.15, 0.2) is 127 Å². The van der Waals surface area contributed by atoms with Crippen molar-refractivity contribution >= 4 is 50.5 Å². The van der Waals surface area contributed by atoms with E-state index in [9.17, 15) is 13.9 Å². The van der Waals surface area contributed by atoms with E-state index in [4.69, 9.17) is 11.5 Å². The second kappa shape index (κ2) is 20.8. The van der Waals surface area contributed by atoms with Crippen LogP contribution in [0.2, 0.25) is 0 Å². The van der Waals surface area contributed by atoms with Crippen LogP contribution in [0.5, 0.6) is 0 Å². The first-order valence-corrected chi connectivity index (χ1v) is 24.9. The highest BCUT2D eigenvalue weighted by Gasteiger charge is 2.31. The second-order valence-corrected chi connectivity index (χ2v) is 20.0. The molecule has 3 aliphatic rings. The normalized spacial score (nSPS) is 18.5. The molecule has 7 aromatic heterocycles. The number of halogens is 4. The van der Waals surface area contributed by atoms with Crippen LogP contribution in [0.3, 0.4) is 0 Å². The van der Waals surface area contributed by atoms with Gasteiger partial charge in [0.15, 0.2) is 11.6 Å². The van der Waals surface area contributed by atoms with Gasteiger partial charge in [0, 0.05) is 122 Å². The van der Waals surface area contributed by atoms with Crippen LogP contribution in [-0.2, 0) is 11.1 Å². The molecule has 3 fully saturated rings. The van der Waals surface area contributed by atoms with Crippen LogP contribution in [-0.4, -0.2) is 122 Å². The van der Waals surface area contributed by atoms with Gasteiger partial charge in [0.1, 0.15) is 35.3 Å². The highest BCUT2D eigenvalue weighted by Crippen LogP contribution is 2.35. The van der Waals surface area contributed by atoms with Gasteiger partial charge in [-0.25, -0.2) is 47.7 Å². The number of aliphatic hydroxyl groups excluding tert-OH is 1. The van der Waals surface area contributed by atoms with Gasteiger partial charge in [0.05, 0.1) is 29.4 Å². The smallest absolute Gasteiger partial charge is 0.225 e. The number of nitrogens with two attached hydrogens (primary N) is 2. The first-order valence-electron chi connectivity index (χ1n) is 24.1. The molecule has 0 bridgehead atoms. The first kappa shape index (κ1) is 50.7. The highest BCUT2D eigenvalue weighted by molar-refractivity contribution is 9.10. The lowest BCUT2D eigenvalue weighted by atomic mass is 9.87. The Morgan fingerprint density at radius 3 is 1.43 bits per heavy atom. The number of hydrogen-bond acceptors (Lipinski definition) is 16. The van der Waals surface area contributed by atoms with Crippen molar-refractivity contribution in [2.45, 2.75) is 49.9 Å². The van der Waals surface area contributed by atoms with E-state index in [2.05, 4.69) is 86.8 Å². The molecule has 19 nitrogen and oxygen atoms in total. The van der Waals surface area contributed by atoms with Crippen molar-refractivity contribution < 1.29 is 37.9 Å². The average molecular weight is 1180 g/mol. The molecule has 2 saturated heterocycles. The topological polar surface area (TPSA) is 215 Å². The maximum atomic E-state index is 13.4. The van der Waals surface area contributed by atoms with E-state index >= 15 is 0 Å². The van der Waals surface area contributed by atoms with Crippen molar-refractivity contribution in [3.63, 3.8) is 0 Å². The monoisotopic (exact) mass is 1180 g/mol. The molecule has 5 N–H and O–H groups in total. The number of aromatic nitrogens is 12. The SMILES string of the molecule is C[C@](N)(c1ccc(F)cc1)c1cnc(N2CCN(c3ncnn4cc(-c5cnn(C6CC(O)C6)c5)cc34)CC2)nc1.C[C@](N)(c1ccc(F)cc1)c1cnc(N2CCN(c3ncnn4cc(Br)cc34)CC2)nc1.[I-]. The summed E-state index contributed by atoms with van der Waals surface area (Å²) in [7, 11) is 0. The molecule has 2 atom stereocenters. The van der Waals surface area contributed by atoms with Gasteiger partial charge >= 0.3 is 0 Å². The minimum atomic E-state index is -0.836. The lowest BCUT2D eigenvalue weighted by Gasteiger charge is -2.35. The van der Waals surface area contributed by atoms with E-state index in [0.29, 0.717) is 11.9 Å². The van der Waals surface area contributed by atoms with Gasteiger partial charge in [-0.2, -0.15) is 15.3 Å². The quantitative estimate of drug-likeness (QED) is 0.168. The summed E-state index contributed by atoms with van der Waals surface area (Å²) in [5.41, 5.74) is 18.5. The van der Waals surface area contributed by atoms with Crippen molar-refractivity contribution in [1.82, 2.24) is 58.9 Å². The molecule has 2 aliphatic heterocycles. The summed E-state index contributed by atoms with van der Waals surface area (Å²) < 4.78 is 33.2. The van der Waals surface area contributed by atoms with E-state index in [-0.39, 0.29) is 47.8 Å². The van der Waals surface area contributed by atoms with Crippen LogP contribution in [0.25, 0.3) is 22.2 Å². The molecule has 0 spiro atoms. The molecule has 1 aliphatic carbocycles. The number of anilines is 4. The Morgan fingerprint density at radius 2 is 0.973 bits per heavy atom. The van der Waals surface area contributed by atoms with Gasteiger partial charge in [0.2, 0.25) is 11.9 Å². The number of piperazine rings is 2. The number of aliphatic hydroxyl groups is 1. The Hall–Kier alpha value is -6.80. The van der Waals surface area contributed by atoms with E-state index in [1.165, 1.54) is 24.3 Å². The molecule has 9 heterocycles. The first-order chi connectivity index (χ1) is 35.3. The number of fused-ring (bicyclic) bond motifs is 2. The van der Waals surface area contributed by atoms with E-state index in [1.807, 2.05) is 58.4 Å². The largest absolute Gasteiger partial charge is 1.00 e. The summed E-state index contributed by atoms with van der Waals surface area (Å²) in [4.78, 5) is 36.3. The van der Waals surface area contributed by atoms with Crippen LogP contribution in [0.1, 0.15) is 55.0 Å². The van der Waals surface area contributed by atoms with Gasteiger partial charge in [0.25, 0.3) is 0 Å². The van der Waals surface area contributed by atoms with Crippen molar-refractivity contribution in [1.29, 1.82) is 0 Å². The fraction of sp³-hybridized carbons (Fsp3) is 0.314. The second-order valence-electron chi connectivity index (χ2n) is 19.1. The predicted octanol–water partition coefficient (Wildman–Crippen LogP) is 2.74. The summed E-state index contributed by atoms with van der Waals surface area (Å²) in [6.45, 7) is 9.87. The zero-order chi connectivity index (χ0) is 50.4. The van der Waals surface area contributed by atoms with Crippen molar-refractivity contribution in [2.75, 3.05) is 72.0 Å². The number of hydrogen-bond donors (Lipinski definition) is 3. The molecular formula is C51H53BrF2IN18O-. The molecule has 9 aromatic rings. The van der Waals surface area contributed by atoms with Crippen molar-refractivity contribution in [2.24, 2.45) is 11.5 Å². The Balaban J connectivity index is 0.000000172. The lowest BCUT2D eigenvalue weighted by molar-refractivity contribution is -0.0000236. The van der Waals surface area contributed by atoms with E-state index in [1.54, 1.807) is 61.7 Å². The Labute approximate surface area is 450 Å². The van der Waals surface area contributed by atoms with Gasteiger partial charge < -0.3 is 60.2 Å². The van der Waals surface area contributed by atoms with Crippen LogP contribution in [0.4, 0.5) is 32.3 Å². The van der Waals surface area contributed by atoms with Crippen LogP contribution < -0.4 is 55.0 Å². The third-order valence-corrected chi connectivity index (χ3v) is 14.7. The Kier molecular flexibility index (Phi) is 14.3. The summed E-state index contributed by atoms with van der Waals surface area (Å²) in [5.74, 6) is 2.53. The average Bonchev–Trinajstić information content (AvgIpc) is 4.17. The molecule has 2 aromatic carbocycles. The van der Waals surface area contributed by atoms with Crippen LogP contribution >= 0.6 is 15.9 Å². The van der Waals surface area contributed by atoms with Crippen LogP contribution in [0, 0.1) is 11.6 Å². The molecule has 74 heavy (non-hydrogen) atoms.